The maximum absolute atomic E-state index is 15.6. The molecular weight excluding hydrogens is 993 g/mol. The molecule has 0 saturated heterocycles. The van der Waals surface area contributed by atoms with Crippen LogP contribution in [0.3, 0.4) is 0 Å². The van der Waals surface area contributed by atoms with Gasteiger partial charge in [-0.2, -0.15) is 0 Å². The van der Waals surface area contributed by atoms with Crippen molar-refractivity contribution in [2.75, 3.05) is 26.9 Å². The van der Waals surface area contributed by atoms with Gasteiger partial charge in [-0.1, -0.05) is 105 Å². The average molecular weight is 1070 g/mol. The first-order valence-electron chi connectivity index (χ1n) is 29.7. The van der Waals surface area contributed by atoms with E-state index in [0.29, 0.717) is 58.9 Å². The summed E-state index contributed by atoms with van der Waals surface area (Å²) < 4.78 is 32.9. The van der Waals surface area contributed by atoms with Gasteiger partial charge in [0.05, 0.1) is 25.4 Å². The Labute approximate surface area is 464 Å². The highest BCUT2D eigenvalue weighted by Crippen LogP contribution is 2.62. The van der Waals surface area contributed by atoms with Crippen LogP contribution in [0.1, 0.15) is 183 Å². The van der Waals surface area contributed by atoms with Crippen LogP contribution in [-0.2, 0) is 55.1 Å². The first-order chi connectivity index (χ1) is 38.5. The number of ether oxygens (including phenoxy) is 4. The van der Waals surface area contributed by atoms with E-state index in [1.165, 1.54) is 55.0 Å². The Morgan fingerprint density at radius 2 is 1.53 bits per heavy atom. The van der Waals surface area contributed by atoms with Crippen molar-refractivity contribution in [3.63, 3.8) is 0 Å². The van der Waals surface area contributed by atoms with Gasteiger partial charge >= 0.3 is 17.6 Å². The molecule has 2 fully saturated rings. The summed E-state index contributed by atoms with van der Waals surface area (Å²) >= 11 is 0. The van der Waals surface area contributed by atoms with E-state index in [9.17, 15) is 20.1 Å². The molecule has 11 heteroatoms. The molecule has 13 rings (SSSR count). The second-order valence-electron chi connectivity index (χ2n) is 24.5. The first kappa shape index (κ1) is 53.8. The summed E-state index contributed by atoms with van der Waals surface area (Å²) in [5.74, 6) is -0.528. The minimum absolute atomic E-state index is 0.00151. The number of allylic oxidation sites excluding steroid dienone is 2. The van der Waals surface area contributed by atoms with Crippen molar-refractivity contribution in [3.8, 4) is 5.75 Å². The summed E-state index contributed by atoms with van der Waals surface area (Å²) in [4.78, 5) is 45.2. The van der Waals surface area contributed by atoms with E-state index < -0.39 is 47.9 Å². The van der Waals surface area contributed by atoms with E-state index in [2.05, 4.69) is 78.9 Å². The van der Waals surface area contributed by atoms with Crippen LogP contribution in [0.4, 0.5) is 0 Å². The van der Waals surface area contributed by atoms with Crippen LogP contribution >= 0.6 is 0 Å². The predicted molar refractivity (Wildman–Crippen MR) is 302 cm³/mol. The Balaban J connectivity index is 0.992. The van der Waals surface area contributed by atoms with Gasteiger partial charge in [-0.15, -0.1) is 0 Å². The Kier molecular flexibility index (Phi) is 15.1. The Hall–Kier alpha value is -5.85. The molecule has 2 saturated carbocycles. The fraction of sp³-hybridized carbons (Fsp3) is 0.515. The molecule has 2 bridgehead atoms. The molecule has 8 aliphatic rings. The van der Waals surface area contributed by atoms with Gasteiger partial charge in [-0.25, -0.2) is 9.59 Å². The molecular formula is C68H78O11. The molecule has 0 amide bonds. The van der Waals surface area contributed by atoms with Gasteiger partial charge in [0.15, 0.2) is 12.2 Å². The van der Waals surface area contributed by atoms with Crippen LogP contribution in [0.15, 0.2) is 111 Å². The molecule has 1 aromatic heterocycles. The van der Waals surface area contributed by atoms with Gasteiger partial charge in [-0.05, 0) is 171 Å². The maximum Gasteiger partial charge on any atom is 0.340 e. The standard InChI is InChI=1S/C68H78O11/c1-40(37-70)50-28-21-41-19-22-42(23-20-41)51-29-25-44(52-16-10-18-57-53(52)30-27-49-15-9-14-48-26-24-43-11-7-8-17-56(43)68(48,49)57)35-46(51)36-59(72)76-63-61-58(79-67(2,64(63)78-65(50)73)47-12-5-4-6-13-47)32-31-54-55(38-71)60(66(74)77-62(54)61)45(33-34-69)39-75-3/h7-8,10-11,16-20,22-23,25,29,31-32,44-49,51,63-64,69-71H,4-6,9,12-15,21,24,26-28,30,33-39H2,1-3H3. The van der Waals surface area contributed by atoms with Crippen molar-refractivity contribution < 1.29 is 48.3 Å². The molecule has 416 valence electrons. The number of esters is 2. The smallest absolute Gasteiger partial charge is 0.340 e. The summed E-state index contributed by atoms with van der Waals surface area (Å²) in [7, 11) is 1.52. The molecule has 4 heterocycles. The van der Waals surface area contributed by atoms with Gasteiger partial charge in [0, 0.05) is 65.7 Å². The molecule has 10 atom stereocenters. The van der Waals surface area contributed by atoms with Crippen molar-refractivity contribution in [1.82, 2.24) is 0 Å². The number of aryl methyl sites for hydroxylation is 2. The van der Waals surface area contributed by atoms with E-state index >= 15 is 9.59 Å². The predicted octanol–water partition coefficient (Wildman–Crippen LogP) is 12.0. The number of carbonyl (C=O) groups excluding carboxylic acids is 2. The van der Waals surface area contributed by atoms with Gasteiger partial charge in [-0.3, -0.25) is 4.79 Å². The minimum Gasteiger partial charge on any atom is -0.483 e. The zero-order valence-electron chi connectivity index (χ0n) is 46.3. The molecule has 5 aliphatic carbocycles. The average Bonchev–Trinajstić information content (AvgIpc) is 3.53. The molecule has 5 aromatic rings. The second kappa shape index (κ2) is 22.2. The van der Waals surface area contributed by atoms with Crippen molar-refractivity contribution in [2.45, 2.75) is 171 Å². The minimum atomic E-state index is -1.31. The lowest BCUT2D eigenvalue weighted by molar-refractivity contribution is -0.201. The zero-order valence-corrected chi connectivity index (χ0v) is 46.3. The van der Waals surface area contributed by atoms with E-state index in [1.54, 1.807) is 24.6 Å². The van der Waals surface area contributed by atoms with Gasteiger partial charge in [0.2, 0.25) is 0 Å². The van der Waals surface area contributed by atoms with E-state index in [1.807, 2.05) is 6.92 Å². The highest BCUT2D eigenvalue weighted by Gasteiger charge is 2.58. The van der Waals surface area contributed by atoms with Gasteiger partial charge in [0.25, 0.3) is 0 Å². The number of fused-ring (bicyclic) bond motifs is 13. The summed E-state index contributed by atoms with van der Waals surface area (Å²) in [6.45, 7) is 2.68. The van der Waals surface area contributed by atoms with Crippen LogP contribution in [0.25, 0.3) is 11.0 Å². The lowest BCUT2D eigenvalue weighted by Crippen LogP contribution is -2.58. The van der Waals surface area contributed by atoms with Crippen molar-refractivity contribution in [2.24, 2.45) is 23.7 Å². The third kappa shape index (κ3) is 9.32. The molecule has 3 N–H and O–H groups in total. The van der Waals surface area contributed by atoms with Crippen LogP contribution in [0.5, 0.6) is 5.75 Å². The molecule has 10 unspecified atom stereocenters. The lowest BCUT2D eigenvalue weighted by atomic mass is 9.46. The molecule has 4 aromatic carbocycles. The summed E-state index contributed by atoms with van der Waals surface area (Å²) in [5.41, 5.74) is 9.21. The number of rotatable bonds is 9. The number of methoxy groups -OCH3 is 1. The topological polar surface area (TPSA) is 162 Å². The number of hydrogen-bond donors (Lipinski definition) is 3. The van der Waals surface area contributed by atoms with Gasteiger partial charge < -0.3 is 38.7 Å². The fourth-order valence-corrected chi connectivity index (χ4v) is 16.7. The van der Waals surface area contributed by atoms with Crippen molar-refractivity contribution >= 4 is 22.9 Å². The van der Waals surface area contributed by atoms with Crippen molar-refractivity contribution in [3.05, 3.63) is 168 Å². The monoisotopic (exact) mass is 1070 g/mol. The number of carbonyl (C=O) groups is 2. The fourth-order valence-electron chi connectivity index (χ4n) is 16.7. The van der Waals surface area contributed by atoms with Crippen molar-refractivity contribution in [1.29, 1.82) is 0 Å². The maximum atomic E-state index is 15.6. The van der Waals surface area contributed by atoms with Crippen LogP contribution < -0.4 is 10.4 Å². The summed E-state index contributed by atoms with van der Waals surface area (Å²) in [6, 6.07) is 28.5. The third-order valence-electron chi connectivity index (χ3n) is 20.5. The Morgan fingerprint density at radius 3 is 2.29 bits per heavy atom. The number of aliphatic hydroxyl groups is 3. The normalized spacial score (nSPS) is 29.8. The zero-order chi connectivity index (χ0) is 54.6. The van der Waals surface area contributed by atoms with Crippen LogP contribution in [-0.4, -0.2) is 65.9 Å². The van der Waals surface area contributed by atoms with Crippen LogP contribution in [0, 0.1) is 23.7 Å². The molecule has 79 heavy (non-hydrogen) atoms. The van der Waals surface area contributed by atoms with Gasteiger partial charge in [0.1, 0.15) is 16.9 Å². The summed E-state index contributed by atoms with van der Waals surface area (Å²) in [5, 5.41) is 32.2. The first-order valence-corrected chi connectivity index (χ1v) is 29.7. The number of hydrogen-bond acceptors (Lipinski definition) is 11. The molecule has 1 spiro atoms. The highest BCUT2D eigenvalue weighted by atomic mass is 16.6. The second-order valence-corrected chi connectivity index (χ2v) is 24.5. The SMILES string of the molecule is COCC(CCO)c1c(CO)c2ccc3c(c2oc1=O)C1OC(=O)CC2CC(c4cccc5c4CCC4CCCC6CCc7ccccc7C564)C=CC2c2ccc(cc2)CCC(=C(C)CO)C(=O)OC1C(C)(C1CCCCC1)O3. The largest absolute Gasteiger partial charge is 0.483 e. The molecule has 11 nitrogen and oxygen atoms in total. The quantitative estimate of drug-likeness (QED) is 0.0557. The lowest BCUT2D eigenvalue weighted by Gasteiger charge is -2.57. The third-order valence-corrected chi connectivity index (χ3v) is 20.5. The molecule has 3 aliphatic heterocycles. The van der Waals surface area contributed by atoms with E-state index in [0.717, 1.165) is 62.5 Å². The van der Waals surface area contributed by atoms with E-state index in [-0.39, 0.29) is 78.5 Å². The Bertz CT molecular complexity index is 3220. The van der Waals surface area contributed by atoms with E-state index in [4.69, 9.17) is 23.4 Å². The highest BCUT2D eigenvalue weighted by molar-refractivity contribution is 5.90. The number of benzene rings is 4. The summed E-state index contributed by atoms with van der Waals surface area (Å²) in [6.07, 6.45) is 16.8. The Morgan fingerprint density at radius 1 is 0.772 bits per heavy atom. The number of aliphatic hydroxyl groups excluding tert-OH is 3. The molecule has 0 radical (unpaired) electrons. The van der Waals surface area contributed by atoms with Crippen LogP contribution in [0.2, 0.25) is 0 Å².